The van der Waals surface area contributed by atoms with E-state index in [2.05, 4.69) is 15.7 Å². The van der Waals surface area contributed by atoms with E-state index in [1.54, 1.807) is 19.1 Å². The fourth-order valence-electron chi connectivity index (χ4n) is 4.67. The molecule has 0 aliphatic carbocycles. The van der Waals surface area contributed by atoms with Crippen LogP contribution in [0.5, 0.6) is 0 Å². The average molecular weight is 545 g/mol. The van der Waals surface area contributed by atoms with Gasteiger partial charge in [-0.3, -0.25) is 4.79 Å². The lowest BCUT2D eigenvalue weighted by molar-refractivity contribution is -0.141. The van der Waals surface area contributed by atoms with Gasteiger partial charge in [0.1, 0.15) is 11.9 Å². The highest BCUT2D eigenvalue weighted by molar-refractivity contribution is 6.42. The zero-order valence-corrected chi connectivity index (χ0v) is 21.2. The van der Waals surface area contributed by atoms with Crippen molar-refractivity contribution in [1.82, 2.24) is 15.1 Å². The number of nitrogens with one attached hydrogen (secondary N) is 2. The number of carbonyl (C=O) groups excluding carboxylic acids is 1. The summed E-state index contributed by atoms with van der Waals surface area (Å²) in [6.45, 7) is 3.51. The smallest absolute Gasteiger partial charge is 0.346 e. The van der Waals surface area contributed by atoms with Gasteiger partial charge in [0.05, 0.1) is 21.7 Å². The molecule has 2 N–H and O–H groups in total. The van der Waals surface area contributed by atoms with Crippen LogP contribution < -0.4 is 10.6 Å². The van der Waals surface area contributed by atoms with Crippen LogP contribution in [0.1, 0.15) is 42.8 Å². The van der Waals surface area contributed by atoms with Crippen LogP contribution in [0.2, 0.25) is 10.0 Å². The van der Waals surface area contributed by atoms with Crippen LogP contribution in [-0.2, 0) is 11.0 Å². The highest BCUT2D eigenvalue weighted by atomic mass is 35.5. The van der Waals surface area contributed by atoms with Gasteiger partial charge in [-0.15, -0.1) is 0 Å². The third kappa shape index (κ3) is 4.67. The van der Waals surface area contributed by atoms with E-state index in [-0.39, 0.29) is 21.4 Å². The maximum atomic E-state index is 13.7. The molecule has 1 aromatic heterocycles. The number of benzene rings is 3. The lowest BCUT2D eigenvalue weighted by Crippen LogP contribution is -2.36. The van der Waals surface area contributed by atoms with E-state index in [4.69, 9.17) is 23.2 Å². The number of halogens is 5. The molecule has 0 saturated carbocycles. The molecule has 0 fully saturated rings. The quantitative estimate of drug-likeness (QED) is 0.279. The predicted molar refractivity (Wildman–Crippen MR) is 139 cm³/mol. The zero-order valence-electron chi connectivity index (χ0n) is 19.7. The van der Waals surface area contributed by atoms with Crippen LogP contribution in [0.15, 0.2) is 78.0 Å². The number of hydrogen-bond donors (Lipinski definition) is 2. The number of rotatable bonds is 4. The van der Waals surface area contributed by atoms with Crippen molar-refractivity contribution in [1.29, 1.82) is 0 Å². The van der Waals surface area contributed by atoms with Crippen molar-refractivity contribution in [3.8, 4) is 0 Å². The first-order valence-electron chi connectivity index (χ1n) is 11.4. The van der Waals surface area contributed by atoms with E-state index < -0.39 is 29.9 Å². The number of fused-ring (bicyclic) bond motifs is 2. The van der Waals surface area contributed by atoms with Crippen LogP contribution >= 0.6 is 23.2 Å². The maximum absolute atomic E-state index is 13.7. The third-order valence-electron chi connectivity index (χ3n) is 6.41. The van der Waals surface area contributed by atoms with Crippen molar-refractivity contribution in [2.24, 2.45) is 0 Å². The number of anilines is 1. The summed E-state index contributed by atoms with van der Waals surface area (Å²) in [7, 11) is 0. The van der Waals surface area contributed by atoms with Gasteiger partial charge >= 0.3 is 6.18 Å². The summed E-state index contributed by atoms with van der Waals surface area (Å²) in [5.41, 5.74) is 0.934. The minimum absolute atomic E-state index is 0.111. The molecule has 1 aliphatic rings. The summed E-state index contributed by atoms with van der Waals surface area (Å²) in [4.78, 5) is 13.7. The molecule has 1 amide bonds. The Morgan fingerprint density at radius 3 is 2.51 bits per heavy atom. The lowest BCUT2D eigenvalue weighted by atomic mass is 9.94. The Labute approximate surface area is 220 Å². The van der Waals surface area contributed by atoms with Gasteiger partial charge in [0.2, 0.25) is 0 Å². The van der Waals surface area contributed by atoms with Crippen molar-refractivity contribution >= 4 is 45.7 Å². The molecule has 4 aromatic rings. The molecule has 0 saturated heterocycles. The Balaban J connectivity index is 1.57. The van der Waals surface area contributed by atoms with Gasteiger partial charge in [-0.05, 0) is 47.9 Å². The Morgan fingerprint density at radius 1 is 1.05 bits per heavy atom. The number of amides is 1. The van der Waals surface area contributed by atoms with Gasteiger partial charge in [0, 0.05) is 11.8 Å². The molecule has 2 heterocycles. The summed E-state index contributed by atoms with van der Waals surface area (Å²) in [6, 6.07) is 17.9. The van der Waals surface area contributed by atoms with Gasteiger partial charge < -0.3 is 10.6 Å². The molecule has 2 atom stereocenters. The molecule has 3 aromatic carbocycles. The second-order valence-electron chi connectivity index (χ2n) is 8.86. The lowest BCUT2D eigenvalue weighted by Gasteiger charge is -2.30. The minimum atomic E-state index is -4.66. The van der Waals surface area contributed by atoms with Crippen LogP contribution in [0, 0.1) is 0 Å². The van der Waals surface area contributed by atoms with E-state index >= 15 is 0 Å². The monoisotopic (exact) mass is 544 g/mol. The molecule has 0 radical (unpaired) electrons. The third-order valence-corrected chi connectivity index (χ3v) is 7.14. The summed E-state index contributed by atoms with van der Waals surface area (Å²) in [6.07, 6.45) is -4.66. The summed E-state index contributed by atoms with van der Waals surface area (Å²) >= 11 is 12.3. The number of nitrogens with zero attached hydrogens (tertiary/aromatic N) is 2. The first-order valence-corrected chi connectivity index (χ1v) is 12.2. The minimum Gasteiger partial charge on any atom is -0.346 e. The maximum Gasteiger partial charge on any atom is 0.435 e. The molecule has 5 rings (SSSR count). The molecule has 2 unspecified atom stereocenters. The summed E-state index contributed by atoms with van der Waals surface area (Å²) in [5, 5.41) is 12.3. The fourth-order valence-corrected chi connectivity index (χ4v) is 4.98. The second kappa shape index (κ2) is 9.43. The van der Waals surface area contributed by atoms with Gasteiger partial charge in [0.25, 0.3) is 5.91 Å². The van der Waals surface area contributed by atoms with Crippen molar-refractivity contribution in [3.63, 3.8) is 0 Å². The van der Waals surface area contributed by atoms with Crippen LogP contribution in [0.25, 0.3) is 10.8 Å². The van der Waals surface area contributed by atoms with E-state index in [9.17, 15) is 18.0 Å². The fraction of sp³-hybridized carbons (Fsp3) is 0.185. The SMILES string of the molecule is CC1=C(C(=O)NC(C)c2cccc3ccccc23)C(c2ccc(Cl)c(Cl)c2)n2nc(C(F)(F)F)cc2N1. The van der Waals surface area contributed by atoms with Crippen molar-refractivity contribution < 1.29 is 18.0 Å². The highest BCUT2D eigenvalue weighted by Gasteiger charge is 2.40. The van der Waals surface area contributed by atoms with E-state index in [0.29, 0.717) is 11.3 Å². The number of aromatic nitrogens is 2. The standard InChI is InChI=1S/C27H21Cl2F3N4O/c1-14(18-9-5-7-16-6-3-4-8-19(16)18)34-26(37)24-15(2)33-23-13-22(27(30,31)32)35-36(23)25(24)17-10-11-20(28)21(29)12-17/h3-14,25,33H,1-2H3,(H,34,37). The Kier molecular flexibility index (Phi) is 6.41. The normalized spacial score (nSPS) is 16.4. The van der Waals surface area contributed by atoms with Crippen molar-refractivity contribution in [3.05, 3.63) is 105 Å². The topological polar surface area (TPSA) is 59.0 Å². The van der Waals surface area contributed by atoms with E-state index in [1.807, 2.05) is 49.4 Å². The van der Waals surface area contributed by atoms with Gasteiger partial charge in [-0.1, -0.05) is 71.7 Å². The Hall–Kier alpha value is -3.49. The molecule has 5 nitrogen and oxygen atoms in total. The highest BCUT2D eigenvalue weighted by Crippen LogP contribution is 2.41. The molecular weight excluding hydrogens is 524 g/mol. The largest absolute Gasteiger partial charge is 0.435 e. The number of carbonyl (C=O) groups is 1. The number of alkyl halides is 3. The molecule has 0 bridgehead atoms. The molecule has 37 heavy (non-hydrogen) atoms. The Bertz CT molecular complexity index is 1560. The molecular formula is C27H21Cl2F3N4O. The van der Waals surface area contributed by atoms with E-state index in [0.717, 1.165) is 27.1 Å². The van der Waals surface area contributed by atoms with Crippen LogP contribution in [-0.4, -0.2) is 15.7 Å². The van der Waals surface area contributed by atoms with Crippen LogP contribution in [0.3, 0.4) is 0 Å². The van der Waals surface area contributed by atoms with Gasteiger partial charge in [-0.2, -0.15) is 18.3 Å². The summed E-state index contributed by atoms with van der Waals surface area (Å²) < 4.78 is 41.7. The van der Waals surface area contributed by atoms with Gasteiger partial charge in [-0.25, -0.2) is 4.68 Å². The van der Waals surface area contributed by atoms with Crippen LogP contribution in [0.4, 0.5) is 19.0 Å². The molecule has 190 valence electrons. The average Bonchev–Trinajstić information content (AvgIpc) is 3.28. The Morgan fingerprint density at radius 2 is 1.78 bits per heavy atom. The number of hydrogen-bond acceptors (Lipinski definition) is 3. The molecule has 10 heteroatoms. The molecule has 0 spiro atoms. The first kappa shape index (κ1) is 25.2. The van der Waals surface area contributed by atoms with E-state index in [1.165, 1.54) is 6.07 Å². The molecule has 1 aliphatic heterocycles. The zero-order chi connectivity index (χ0) is 26.5. The van der Waals surface area contributed by atoms with Crippen molar-refractivity contribution in [2.45, 2.75) is 32.1 Å². The first-order chi connectivity index (χ1) is 17.5. The number of allylic oxidation sites excluding steroid dienone is 1. The predicted octanol–water partition coefficient (Wildman–Crippen LogP) is 7.53. The van der Waals surface area contributed by atoms with Crippen molar-refractivity contribution in [2.75, 3.05) is 5.32 Å². The van der Waals surface area contributed by atoms with Gasteiger partial charge in [0.15, 0.2) is 5.69 Å². The summed E-state index contributed by atoms with van der Waals surface area (Å²) in [5.74, 6) is -0.337. The second-order valence-corrected chi connectivity index (χ2v) is 9.67.